The van der Waals surface area contributed by atoms with Gasteiger partial charge in [-0.15, -0.1) is 0 Å². The highest BCUT2D eigenvalue weighted by atomic mass is 28.3. The molecule has 1 aliphatic rings. The summed E-state index contributed by atoms with van der Waals surface area (Å²) in [6, 6.07) is 56.9. The molecule has 1 unspecified atom stereocenters. The van der Waals surface area contributed by atoms with Gasteiger partial charge in [0.25, 0.3) is 0 Å². The van der Waals surface area contributed by atoms with E-state index in [0.29, 0.717) is 11.1 Å². The maximum absolute atomic E-state index is 8.73. The van der Waals surface area contributed by atoms with Crippen molar-refractivity contribution < 1.29 is 8.85 Å². The number of hydrogen-bond donors (Lipinski definition) is 0. The van der Waals surface area contributed by atoms with Gasteiger partial charge in [0, 0.05) is 15.4 Å². The van der Waals surface area contributed by atoms with E-state index in [4.69, 9.17) is 13.8 Å². The van der Waals surface area contributed by atoms with Crippen LogP contribution in [0.15, 0.2) is 164 Å². The summed E-state index contributed by atoms with van der Waals surface area (Å²) in [6.45, 7) is 4.73. The molecule has 0 N–H and O–H groups in total. The minimum Gasteiger partial charge on any atom is -0.457 e. The van der Waals surface area contributed by atoms with Crippen molar-refractivity contribution >= 4 is 69.9 Å². The maximum Gasteiger partial charge on any atom is 0.220 e. The number of ether oxygens (including phenoxy) is 1. The second-order valence-corrected chi connectivity index (χ2v) is 23.1. The zero-order valence-electron chi connectivity index (χ0n) is 32.8. The van der Waals surface area contributed by atoms with Crippen LogP contribution in [0.25, 0.3) is 44.7 Å². The number of aromatic nitrogens is 3. The lowest BCUT2D eigenvalue weighted by Gasteiger charge is -2.34. The van der Waals surface area contributed by atoms with Crippen molar-refractivity contribution in [3.8, 4) is 28.3 Å². The van der Waals surface area contributed by atoms with E-state index < -0.39 is 23.0 Å². The summed E-state index contributed by atoms with van der Waals surface area (Å²) >= 11 is 0. The highest BCUT2D eigenvalue weighted by Gasteiger charge is 2.39. The van der Waals surface area contributed by atoms with Crippen molar-refractivity contribution in [3.05, 3.63) is 169 Å². The molecular weight excluding hydrogens is 679 g/mol. The Kier molecular flexibility index (Phi) is 6.36. The topological polar surface area (TPSA) is 31.5 Å². The van der Waals surface area contributed by atoms with E-state index in [2.05, 4.69) is 162 Å². The van der Waals surface area contributed by atoms with Crippen LogP contribution < -0.4 is 30.7 Å². The van der Waals surface area contributed by atoms with Crippen LogP contribution in [0.2, 0.25) is 19.6 Å². The van der Waals surface area contributed by atoms with Crippen LogP contribution in [0.3, 0.4) is 0 Å². The third-order valence-electron chi connectivity index (χ3n) is 11.5. The number of hydrogen-bond acceptors (Lipinski definition) is 2. The number of aryl methyl sites for hydroxylation is 1. The molecule has 0 amide bonds. The van der Waals surface area contributed by atoms with E-state index in [1.54, 1.807) is 0 Å². The van der Waals surface area contributed by atoms with Crippen molar-refractivity contribution in [2.75, 3.05) is 0 Å². The van der Waals surface area contributed by atoms with Gasteiger partial charge in [0.15, 0.2) is 0 Å². The number of benzene rings is 7. The second-order valence-electron chi connectivity index (χ2n) is 14.8. The molecule has 7 aromatic carbocycles. The van der Waals surface area contributed by atoms with Gasteiger partial charge in [-0.1, -0.05) is 141 Å². The van der Waals surface area contributed by atoms with Crippen LogP contribution in [0.1, 0.15) is 9.68 Å². The molecule has 0 aliphatic carbocycles. The van der Waals surface area contributed by atoms with Gasteiger partial charge in [-0.25, -0.2) is 4.98 Å². The minimum atomic E-state index is -2.81. The average molecular weight is 721 g/mol. The van der Waals surface area contributed by atoms with Gasteiger partial charge < -0.3 is 4.74 Å². The number of para-hydroxylation sites is 6. The van der Waals surface area contributed by atoms with Crippen molar-refractivity contribution in [1.29, 1.82) is 0 Å². The Hall–Kier alpha value is -5.96. The summed E-state index contributed by atoms with van der Waals surface area (Å²) in [5, 5.41) is 5.96. The van der Waals surface area contributed by atoms with Gasteiger partial charge in [-0.3, -0.25) is 8.97 Å². The summed E-state index contributed by atoms with van der Waals surface area (Å²) in [7, 11) is -4.98. The third kappa shape index (κ3) is 4.69. The van der Waals surface area contributed by atoms with E-state index in [0.717, 1.165) is 55.8 Å². The molecule has 3 heterocycles. The predicted molar refractivity (Wildman–Crippen MR) is 226 cm³/mol. The number of imidazole rings is 2. The van der Waals surface area contributed by atoms with E-state index >= 15 is 0 Å². The van der Waals surface area contributed by atoms with E-state index in [9.17, 15) is 0 Å². The minimum absolute atomic E-state index is 0.322. The van der Waals surface area contributed by atoms with Crippen molar-refractivity contribution in [1.82, 2.24) is 14.0 Å². The first kappa shape index (κ1) is 28.6. The first-order valence-corrected chi connectivity index (χ1v) is 23.6. The van der Waals surface area contributed by atoms with Crippen LogP contribution in [-0.2, 0) is 0 Å². The molecule has 0 spiro atoms. The van der Waals surface area contributed by atoms with Crippen LogP contribution in [0.5, 0.6) is 11.5 Å². The van der Waals surface area contributed by atoms with E-state index in [-0.39, 0.29) is 0 Å². The predicted octanol–water partition coefficient (Wildman–Crippen LogP) is 8.44. The fraction of sp³-hybridized carbons (Fsp3) is 0.0851. The molecule has 10 rings (SSSR count). The SMILES string of the molecule is [2H]C([2H])([2H])c1ccc([Si](C)(c2ccccc2)c2cccc(-n3c4ccccc4n4c5ccccc5nc34)c2)cc1-c1cccc2c1Oc1ccccc1[Si]2(C)C. The average Bonchev–Trinajstić information content (AvgIpc) is 3.75. The summed E-state index contributed by atoms with van der Waals surface area (Å²) in [5.74, 6) is 2.48. The van der Waals surface area contributed by atoms with Gasteiger partial charge in [-0.2, -0.15) is 0 Å². The zero-order chi connectivity index (χ0) is 38.4. The molecule has 1 atom stereocenters. The van der Waals surface area contributed by atoms with Crippen LogP contribution in [-0.4, -0.2) is 30.1 Å². The lowest BCUT2D eigenvalue weighted by atomic mass is 9.99. The molecule has 1 aliphatic heterocycles. The summed E-state index contributed by atoms with van der Waals surface area (Å²) in [6.07, 6.45) is 0. The molecule has 0 saturated heterocycles. The third-order valence-corrected chi connectivity index (χ3v) is 19.4. The smallest absolute Gasteiger partial charge is 0.220 e. The summed E-state index contributed by atoms with van der Waals surface area (Å²) < 4.78 is 37.5. The van der Waals surface area contributed by atoms with Crippen LogP contribution >= 0.6 is 0 Å². The Bertz CT molecular complexity index is 3010. The highest BCUT2D eigenvalue weighted by Crippen LogP contribution is 2.38. The van der Waals surface area contributed by atoms with Crippen LogP contribution in [0, 0.1) is 6.85 Å². The van der Waals surface area contributed by atoms with Gasteiger partial charge in [-0.05, 0) is 86.4 Å². The van der Waals surface area contributed by atoms with Crippen molar-refractivity contribution in [2.24, 2.45) is 0 Å². The molecule has 2 aromatic heterocycles. The fourth-order valence-corrected chi connectivity index (χ4v) is 15.0. The normalized spacial score (nSPS) is 15.6. The number of rotatable bonds is 5. The molecule has 6 heteroatoms. The Balaban J connectivity index is 1.20. The molecule has 0 saturated carbocycles. The quantitative estimate of drug-likeness (QED) is 0.132. The molecule has 4 nitrogen and oxygen atoms in total. The van der Waals surface area contributed by atoms with Gasteiger partial charge in [0.05, 0.1) is 22.1 Å². The summed E-state index contributed by atoms with van der Waals surface area (Å²) in [4.78, 5) is 5.15. The fourth-order valence-electron chi connectivity index (χ4n) is 8.59. The molecule has 9 aromatic rings. The first-order valence-electron chi connectivity index (χ1n) is 19.6. The molecule has 256 valence electrons. The highest BCUT2D eigenvalue weighted by molar-refractivity contribution is 7.10. The van der Waals surface area contributed by atoms with Crippen LogP contribution in [0.4, 0.5) is 0 Å². The lowest BCUT2D eigenvalue weighted by Crippen LogP contribution is -2.64. The molecular formula is C47H39N3OSi2. The number of fused-ring (bicyclic) bond motifs is 7. The zero-order valence-corrected chi connectivity index (χ0v) is 31.8. The Morgan fingerprint density at radius 1 is 0.604 bits per heavy atom. The number of nitrogens with zero attached hydrogens (tertiary/aromatic N) is 3. The lowest BCUT2D eigenvalue weighted by molar-refractivity contribution is 0.488. The van der Waals surface area contributed by atoms with Gasteiger partial charge in [0.2, 0.25) is 5.78 Å². The standard InChI is InChI=1S/C47H39N3OSi2/c1-32-28-29-36(31-38(32)37-20-15-27-45-46(37)51-43-25-12-13-26-44(43)52(45,2)3)53(4,34-17-6-5-7-18-34)35-19-14-16-33(30-35)49-41-23-10-11-24-42(41)50-40-22-9-8-21-39(40)48-47(49)50/h5-31H,1-4H3/i1D3. The molecule has 0 radical (unpaired) electrons. The molecule has 53 heavy (non-hydrogen) atoms. The Labute approximate surface area is 315 Å². The van der Waals surface area contributed by atoms with Gasteiger partial charge in [0.1, 0.15) is 27.6 Å². The first-order chi connectivity index (χ1) is 27.0. The van der Waals surface area contributed by atoms with Crippen molar-refractivity contribution in [2.45, 2.75) is 26.5 Å². The second kappa shape index (κ2) is 11.8. The van der Waals surface area contributed by atoms with E-state index in [1.165, 1.54) is 20.7 Å². The molecule has 0 fully saturated rings. The molecule has 0 bridgehead atoms. The monoisotopic (exact) mass is 720 g/mol. The largest absolute Gasteiger partial charge is 0.457 e. The van der Waals surface area contributed by atoms with E-state index in [1.807, 2.05) is 30.3 Å². The van der Waals surface area contributed by atoms with Gasteiger partial charge >= 0.3 is 0 Å². The Morgan fingerprint density at radius 3 is 2.13 bits per heavy atom. The summed E-state index contributed by atoms with van der Waals surface area (Å²) in [5.41, 5.74) is 7.04. The van der Waals surface area contributed by atoms with Crippen molar-refractivity contribution in [3.63, 3.8) is 0 Å². The Morgan fingerprint density at radius 2 is 1.28 bits per heavy atom. The maximum atomic E-state index is 8.73.